The lowest BCUT2D eigenvalue weighted by Gasteiger charge is -2.24. The molecule has 0 amide bonds. The number of aryl methyl sites for hydroxylation is 1. The first-order chi connectivity index (χ1) is 12.7. The summed E-state index contributed by atoms with van der Waals surface area (Å²) in [6.07, 6.45) is 8.43. The van der Waals surface area contributed by atoms with E-state index in [4.69, 9.17) is 11.6 Å². The van der Waals surface area contributed by atoms with Crippen molar-refractivity contribution in [3.63, 3.8) is 0 Å². The number of rotatable bonds is 6. The Kier molecular flexibility index (Phi) is 7.34. The number of benzene rings is 2. The molecule has 2 aromatic carbocycles. The highest BCUT2D eigenvalue weighted by atomic mass is 35.5. The van der Waals surface area contributed by atoms with Gasteiger partial charge in [-0.05, 0) is 61.1 Å². The molecular formula is C24H29ClO. The van der Waals surface area contributed by atoms with Crippen LogP contribution in [-0.2, 0) is 6.42 Å². The van der Waals surface area contributed by atoms with Gasteiger partial charge in [0.15, 0.2) is 0 Å². The van der Waals surface area contributed by atoms with Crippen molar-refractivity contribution in [2.45, 2.75) is 57.5 Å². The van der Waals surface area contributed by atoms with Gasteiger partial charge in [-0.3, -0.25) is 0 Å². The Bertz CT molecular complexity index is 693. The molecule has 0 fully saturated rings. The van der Waals surface area contributed by atoms with Crippen LogP contribution in [0.4, 0.5) is 0 Å². The Morgan fingerprint density at radius 1 is 0.923 bits per heavy atom. The maximum Gasteiger partial charge on any atom is 0.101 e. The number of halogens is 1. The third-order valence-corrected chi connectivity index (χ3v) is 5.98. The van der Waals surface area contributed by atoms with Gasteiger partial charge in [-0.1, -0.05) is 85.1 Å². The van der Waals surface area contributed by atoms with Gasteiger partial charge in [-0.2, -0.15) is 0 Å². The van der Waals surface area contributed by atoms with Crippen molar-refractivity contribution in [2.24, 2.45) is 5.92 Å². The predicted molar refractivity (Wildman–Crippen MR) is 110 cm³/mol. The molecule has 0 aromatic heterocycles. The number of aliphatic hydroxyl groups excluding tert-OH is 1. The van der Waals surface area contributed by atoms with Crippen molar-refractivity contribution < 1.29 is 5.11 Å². The van der Waals surface area contributed by atoms with Crippen LogP contribution in [0.25, 0.3) is 0 Å². The fourth-order valence-corrected chi connectivity index (χ4v) is 4.31. The van der Waals surface area contributed by atoms with E-state index < -0.39 is 6.10 Å². The van der Waals surface area contributed by atoms with Gasteiger partial charge in [-0.25, -0.2) is 0 Å². The molecular weight excluding hydrogens is 340 g/mol. The minimum Gasteiger partial charge on any atom is -0.384 e. The first-order valence-corrected chi connectivity index (χ1v) is 10.3. The highest BCUT2D eigenvalue weighted by Crippen LogP contribution is 2.36. The van der Waals surface area contributed by atoms with Gasteiger partial charge < -0.3 is 5.11 Å². The Labute approximate surface area is 162 Å². The van der Waals surface area contributed by atoms with Crippen molar-refractivity contribution in [1.82, 2.24) is 0 Å². The average molecular weight is 369 g/mol. The van der Waals surface area contributed by atoms with E-state index in [0.29, 0.717) is 0 Å². The summed E-state index contributed by atoms with van der Waals surface area (Å²) in [5.41, 5.74) is 3.41. The first-order valence-electron chi connectivity index (χ1n) is 9.88. The van der Waals surface area contributed by atoms with Crippen LogP contribution in [0.5, 0.6) is 0 Å². The van der Waals surface area contributed by atoms with E-state index in [2.05, 4.69) is 30.3 Å². The molecule has 138 valence electrons. The highest BCUT2D eigenvalue weighted by Gasteiger charge is 2.21. The molecule has 0 aliphatic heterocycles. The Morgan fingerprint density at radius 3 is 2.35 bits per heavy atom. The maximum absolute atomic E-state index is 10.7. The average Bonchev–Trinajstić information content (AvgIpc) is 2.68. The summed E-state index contributed by atoms with van der Waals surface area (Å²) in [7, 11) is 0. The second-order valence-electron chi connectivity index (χ2n) is 7.42. The van der Waals surface area contributed by atoms with Crippen molar-refractivity contribution in [3.05, 3.63) is 82.4 Å². The highest BCUT2D eigenvalue weighted by molar-refractivity contribution is 6.30. The Hall–Kier alpha value is -1.57. The third kappa shape index (κ3) is 5.46. The molecule has 1 aliphatic carbocycles. The van der Waals surface area contributed by atoms with Crippen LogP contribution in [0, 0.1) is 5.92 Å². The van der Waals surface area contributed by atoms with E-state index in [1.165, 1.54) is 31.2 Å². The zero-order valence-electron chi connectivity index (χ0n) is 15.4. The summed E-state index contributed by atoms with van der Waals surface area (Å²) < 4.78 is 0. The molecule has 1 aliphatic rings. The first kappa shape index (κ1) is 19.2. The fraction of sp³-hybridized carbons (Fsp3) is 0.417. The molecule has 1 nitrogen and oxygen atoms in total. The molecule has 2 aromatic rings. The fourth-order valence-electron chi connectivity index (χ4n) is 4.00. The summed E-state index contributed by atoms with van der Waals surface area (Å²) in [6.45, 7) is 0. The second-order valence-corrected chi connectivity index (χ2v) is 7.87. The van der Waals surface area contributed by atoms with Crippen molar-refractivity contribution in [2.75, 3.05) is 0 Å². The molecule has 0 heterocycles. The van der Waals surface area contributed by atoms with E-state index in [0.717, 1.165) is 47.8 Å². The lowest BCUT2D eigenvalue weighted by atomic mass is 9.85. The largest absolute Gasteiger partial charge is 0.384 e. The minimum absolute atomic E-state index is 0.557. The molecule has 1 N–H and O–H groups in total. The van der Waals surface area contributed by atoms with Crippen LogP contribution in [0.15, 0.2) is 71.3 Å². The van der Waals surface area contributed by atoms with Crippen molar-refractivity contribution in [1.29, 1.82) is 0 Å². The van der Waals surface area contributed by atoms with Gasteiger partial charge >= 0.3 is 0 Å². The molecule has 2 heteroatoms. The van der Waals surface area contributed by atoms with Gasteiger partial charge in [-0.15, -0.1) is 0 Å². The summed E-state index contributed by atoms with van der Waals surface area (Å²) in [5, 5.41) is 11.6. The van der Waals surface area contributed by atoms with Crippen LogP contribution < -0.4 is 0 Å². The van der Waals surface area contributed by atoms with Crippen molar-refractivity contribution >= 4 is 11.6 Å². The van der Waals surface area contributed by atoms with Gasteiger partial charge in [0, 0.05) is 5.03 Å². The number of allylic oxidation sites excluding steroid dienone is 1. The standard InChI is InChI=1S/C24H29ClO/c25-23-18-17-20(12-7-11-19-9-3-1-4-10-19)13-8-16-22(23)24(26)21-14-5-2-6-15-21/h1-6,9-10,14-15,20,24,26H,7-8,11-13,16-18H2. The molecule has 2 atom stereocenters. The predicted octanol–water partition coefficient (Wildman–Crippen LogP) is 6.82. The quantitative estimate of drug-likeness (QED) is 0.593. The molecule has 0 radical (unpaired) electrons. The smallest absolute Gasteiger partial charge is 0.101 e. The molecule has 0 bridgehead atoms. The van der Waals surface area contributed by atoms with Gasteiger partial charge in [0.25, 0.3) is 0 Å². The Balaban J connectivity index is 1.53. The molecule has 2 unspecified atom stereocenters. The summed E-state index contributed by atoms with van der Waals surface area (Å²) in [6, 6.07) is 20.6. The molecule has 26 heavy (non-hydrogen) atoms. The van der Waals surface area contributed by atoms with Gasteiger partial charge in [0.2, 0.25) is 0 Å². The number of hydrogen-bond acceptors (Lipinski definition) is 1. The SMILES string of the molecule is OC(C1=C(Cl)CCC(CCCc2ccccc2)CCC1)c1ccccc1. The van der Waals surface area contributed by atoms with E-state index >= 15 is 0 Å². The zero-order chi connectivity index (χ0) is 18.2. The van der Waals surface area contributed by atoms with E-state index in [-0.39, 0.29) is 0 Å². The van der Waals surface area contributed by atoms with E-state index in [9.17, 15) is 5.11 Å². The van der Waals surface area contributed by atoms with Gasteiger partial charge in [0.05, 0.1) is 0 Å². The second kappa shape index (κ2) is 9.94. The van der Waals surface area contributed by atoms with Crippen LogP contribution in [-0.4, -0.2) is 5.11 Å². The van der Waals surface area contributed by atoms with Crippen LogP contribution in [0.3, 0.4) is 0 Å². The van der Waals surface area contributed by atoms with Crippen LogP contribution >= 0.6 is 11.6 Å². The van der Waals surface area contributed by atoms with Crippen LogP contribution in [0.1, 0.15) is 62.2 Å². The third-order valence-electron chi connectivity index (χ3n) is 5.55. The van der Waals surface area contributed by atoms with Crippen LogP contribution in [0.2, 0.25) is 0 Å². The minimum atomic E-state index is -0.557. The number of aliphatic hydroxyl groups is 1. The summed E-state index contributed by atoms with van der Waals surface area (Å²) in [5.74, 6) is 0.753. The molecule has 0 saturated carbocycles. The zero-order valence-corrected chi connectivity index (χ0v) is 16.2. The lowest BCUT2D eigenvalue weighted by Crippen LogP contribution is -2.10. The lowest BCUT2D eigenvalue weighted by molar-refractivity contribution is 0.207. The Morgan fingerprint density at radius 2 is 1.62 bits per heavy atom. The summed E-state index contributed by atoms with van der Waals surface area (Å²) in [4.78, 5) is 0. The number of hydrogen-bond donors (Lipinski definition) is 1. The molecule has 0 saturated heterocycles. The molecule has 3 rings (SSSR count). The monoisotopic (exact) mass is 368 g/mol. The topological polar surface area (TPSA) is 20.2 Å². The molecule has 0 spiro atoms. The maximum atomic E-state index is 10.7. The van der Waals surface area contributed by atoms with E-state index in [1.807, 2.05) is 30.3 Å². The summed E-state index contributed by atoms with van der Waals surface area (Å²) >= 11 is 6.62. The van der Waals surface area contributed by atoms with Gasteiger partial charge in [0.1, 0.15) is 6.10 Å². The van der Waals surface area contributed by atoms with E-state index in [1.54, 1.807) is 0 Å². The normalized spacial score (nSPS) is 19.7. The van der Waals surface area contributed by atoms with Crippen molar-refractivity contribution in [3.8, 4) is 0 Å².